The summed E-state index contributed by atoms with van der Waals surface area (Å²) in [5.41, 5.74) is 2.21. The number of aromatic nitrogens is 1. The Morgan fingerprint density at radius 1 is 1.07 bits per heavy atom. The van der Waals surface area contributed by atoms with Gasteiger partial charge < -0.3 is 15.5 Å². The van der Waals surface area contributed by atoms with Crippen LogP contribution in [0.15, 0.2) is 29.6 Å². The van der Waals surface area contributed by atoms with Crippen LogP contribution in [0.2, 0.25) is 0 Å². The van der Waals surface area contributed by atoms with E-state index in [0.717, 1.165) is 5.56 Å². The second-order valence-electron chi connectivity index (χ2n) is 7.48. The largest absolute Gasteiger partial charge is 0.354 e. The third-order valence-electron chi connectivity index (χ3n) is 4.09. The van der Waals surface area contributed by atoms with Crippen molar-refractivity contribution in [2.24, 2.45) is 0 Å². The molecule has 156 valence electrons. The van der Waals surface area contributed by atoms with Gasteiger partial charge in [0, 0.05) is 23.0 Å². The van der Waals surface area contributed by atoms with Gasteiger partial charge in [-0.3, -0.25) is 14.4 Å². The third kappa shape index (κ3) is 6.98. The molecule has 2 rings (SSSR count). The molecule has 0 aliphatic rings. The van der Waals surface area contributed by atoms with Crippen molar-refractivity contribution in [2.75, 3.05) is 11.9 Å². The van der Waals surface area contributed by atoms with Gasteiger partial charge in [0.05, 0.1) is 12.1 Å². The first-order valence-corrected chi connectivity index (χ1v) is 10.4. The average Bonchev–Trinajstić information content (AvgIpc) is 3.05. The first kappa shape index (κ1) is 22.5. The summed E-state index contributed by atoms with van der Waals surface area (Å²) in [4.78, 5) is 42.9. The summed E-state index contributed by atoms with van der Waals surface area (Å²) < 4.78 is 0. The number of thiazole rings is 1. The minimum Gasteiger partial charge on any atom is -0.354 e. The summed E-state index contributed by atoms with van der Waals surface area (Å²) in [7, 11) is 0. The number of carbonyl (C=O) groups is 3. The highest BCUT2D eigenvalue weighted by Crippen LogP contribution is 2.16. The van der Waals surface area contributed by atoms with E-state index in [1.165, 1.54) is 16.2 Å². The fraction of sp³-hybridized carbons (Fsp3) is 0.429. The quantitative estimate of drug-likeness (QED) is 0.692. The minimum absolute atomic E-state index is 0.0633. The van der Waals surface area contributed by atoms with Gasteiger partial charge in [-0.15, -0.1) is 11.3 Å². The number of hydrogen-bond acceptors (Lipinski definition) is 5. The molecule has 2 aromatic rings. The minimum atomic E-state index is -0.327. The van der Waals surface area contributed by atoms with E-state index < -0.39 is 0 Å². The van der Waals surface area contributed by atoms with Crippen LogP contribution >= 0.6 is 11.3 Å². The Labute approximate surface area is 175 Å². The molecular weight excluding hydrogens is 388 g/mol. The van der Waals surface area contributed by atoms with E-state index in [2.05, 4.69) is 15.6 Å². The number of amides is 3. The van der Waals surface area contributed by atoms with E-state index >= 15 is 0 Å². The van der Waals surface area contributed by atoms with E-state index in [1.54, 1.807) is 17.5 Å². The summed E-state index contributed by atoms with van der Waals surface area (Å²) in [6.07, 6.45) is 0.161. The van der Waals surface area contributed by atoms with E-state index in [0.29, 0.717) is 16.4 Å². The fourth-order valence-corrected chi connectivity index (χ4v) is 3.37. The first-order valence-electron chi connectivity index (χ1n) is 9.57. The predicted molar refractivity (Wildman–Crippen MR) is 115 cm³/mol. The van der Waals surface area contributed by atoms with Gasteiger partial charge >= 0.3 is 0 Å². The smallest absolute Gasteiger partial charge is 0.254 e. The molecule has 29 heavy (non-hydrogen) atoms. The standard InChI is InChI=1S/C21H28N4O3S/c1-13(2)22-18(26)10-17-12-29-21(23-17)24-19(27)11-25(14(3)4)20(28)16-8-6-15(5)7-9-16/h6-9,12-14H,10-11H2,1-5H3,(H,22,26)(H,23,24,27). The predicted octanol–water partition coefficient (Wildman–Crippen LogP) is 3.01. The number of rotatable bonds is 8. The van der Waals surface area contributed by atoms with E-state index in [-0.39, 0.29) is 42.8 Å². The molecule has 0 unspecified atom stereocenters. The van der Waals surface area contributed by atoms with Gasteiger partial charge in [-0.1, -0.05) is 17.7 Å². The Kier molecular flexibility index (Phi) is 7.90. The molecule has 0 aliphatic heterocycles. The van der Waals surface area contributed by atoms with Crippen LogP contribution in [0.25, 0.3) is 0 Å². The SMILES string of the molecule is Cc1ccc(C(=O)N(CC(=O)Nc2nc(CC(=O)NC(C)C)cs2)C(C)C)cc1. The van der Waals surface area contributed by atoms with Crippen LogP contribution in [0.5, 0.6) is 0 Å². The molecule has 1 heterocycles. The monoisotopic (exact) mass is 416 g/mol. The topological polar surface area (TPSA) is 91.4 Å². The maximum atomic E-state index is 12.8. The molecule has 1 aromatic carbocycles. The zero-order valence-electron chi connectivity index (χ0n) is 17.5. The average molecular weight is 417 g/mol. The Bertz CT molecular complexity index is 859. The highest BCUT2D eigenvalue weighted by atomic mass is 32.1. The number of benzene rings is 1. The summed E-state index contributed by atoms with van der Waals surface area (Å²) in [6.45, 7) is 9.40. The molecule has 0 spiro atoms. The molecule has 3 amide bonds. The van der Waals surface area contributed by atoms with Gasteiger partial charge in [0.2, 0.25) is 11.8 Å². The van der Waals surface area contributed by atoms with Crippen LogP contribution in [0, 0.1) is 6.92 Å². The van der Waals surface area contributed by atoms with Crippen molar-refractivity contribution in [2.45, 2.75) is 53.1 Å². The van der Waals surface area contributed by atoms with Gasteiger partial charge in [-0.05, 0) is 46.8 Å². The Balaban J connectivity index is 1.98. The van der Waals surface area contributed by atoms with Crippen molar-refractivity contribution >= 4 is 34.2 Å². The van der Waals surface area contributed by atoms with Crippen LogP contribution < -0.4 is 10.6 Å². The zero-order chi connectivity index (χ0) is 21.6. The van der Waals surface area contributed by atoms with E-state index in [9.17, 15) is 14.4 Å². The molecule has 0 aliphatic carbocycles. The van der Waals surface area contributed by atoms with Crippen LogP contribution in [-0.4, -0.2) is 46.2 Å². The lowest BCUT2D eigenvalue weighted by atomic mass is 10.1. The number of carbonyl (C=O) groups excluding carboxylic acids is 3. The summed E-state index contributed by atoms with van der Waals surface area (Å²) >= 11 is 1.25. The molecule has 7 nitrogen and oxygen atoms in total. The number of nitrogens with zero attached hydrogens (tertiary/aromatic N) is 2. The van der Waals surface area contributed by atoms with Crippen molar-refractivity contribution in [1.82, 2.24) is 15.2 Å². The van der Waals surface area contributed by atoms with Gasteiger partial charge in [0.1, 0.15) is 6.54 Å². The lowest BCUT2D eigenvalue weighted by Gasteiger charge is -2.26. The van der Waals surface area contributed by atoms with Gasteiger partial charge in [-0.2, -0.15) is 0 Å². The second kappa shape index (κ2) is 10.2. The molecule has 0 atom stereocenters. The molecule has 0 fully saturated rings. The number of aryl methyl sites for hydroxylation is 1. The number of hydrogen-bond donors (Lipinski definition) is 2. The van der Waals surface area contributed by atoms with Gasteiger partial charge in [-0.25, -0.2) is 4.98 Å². The molecule has 1 aromatic heterocycles. The van der Waals surface area contributed by atoms with Crippen molar-refractivity contribution in [3.8, 4) is 0 Å². The summed E-state index contributed by atoms with van der Waals surface area (Å²) in [5.74, 6) is -0.634. The summed E-state index contributed by atoms with van der Waals surface area (Å²) in [5, 5.41) is 7.68. The maximum Gasteiger partial charge on any atom is 0.254 e. The van der Waals surface area contributed by atoms with Crippen LogP contribution in [0.1, 0.15) is 49.3 Å². The number of nitrogens with one attached hydrogen (secondary N) is 2. The van der Waals surface area contributed by atoms with Crippen molar-refractivity contribution in [3.63, 3.8) is 0 Å². The molecule has 0 bridgehead atoms. The van der Waals surface area contributed by atoms with Crippen molar-refractivity contribution in [3.05, 3.63) is 46.5 Å². The highest BCUT2D eigenvalue weighted by molar-refractivity contribution is 7.13. The maximum absolute atomic E-state index is 12.8. The molecule has 0 radical (unpaired) electrons. The number of anilines is 1. The molecule has 0 saturated heterocycles. The van der Waals surface area contributed by atoms with Gasteiger partial charge in [0.25, 0.3) is 5.91 Å². The van der Waals surface area contributed by atoms with Crippen molar-refractivity contribution in [1.29, 1.82) is 0 Å². The highest BCUT2D eigenvalue weighted by Gasteiger charge is 2.22. The fourth-order valence-electron chi connectivity index (χ4n) is 2.65. The zero-order valence-corrected chi connectivity index (χ0v) is 18.3. The Morgan fingerprint density at radius 3 is 2.31 bits per heavy atom. The lowest BCUT2D eigenvalue weighted by molar-refractivity contribution is -0.121. The van der Waals surface area contributed by atoms with Crippen LogP contribution in [-0.2, 0) is 16.0 Å². The van der Waals surface area contributed by atoms with Crippen molar-refractivity contribution < 1.29 is 14.4 Å². The van der Waals surface area contributed by atoms with Crippen LogP contribution in [0.3, 0.4) is 0 Å². The third-order valence-corrected chi connectivity index (χ3v) is 4.89. The normalized spacial score (nSPS) is 10.9. The summed E-state index contributed by atoms with van der Waals surface area (Å²) in [6, 6.07) is 7.20. The van der Waals surface area contributed by atoms with E-state index in [1.807, 2.05) is 46.8 Å². The van der Waals surface area contributed by atoms with Crippen LogP contribution in [0.4, 0.5) is 5.13 Å². The molecule has 0 saturated carbocycles. The Hall–Kier alpha value is -2.74. The Morgan fingerprint density at radius 2 is 1.72 bits per heavy atom. The molecule has 8 heteroatoms. The van der Waals surface area contributed by atoms with E-state index in [4.69, 9.17) is 0 Å². The second-order valence-corrected chi connectivity index (χ2v) is 8.34. The molecule has 2 N–H and O–H groups in total. The lowest BCUT2D eigenvalue weighted by Crippen LogP contribution is -2.42. The van der Waals surface area contributed by atoms with Gasteiger partial charge in [0.15, 0.2) is 5.13 Å². The molecular formula is C21H28N4O3S. The first-order chi connectivity index (χ1) is 13.7.